The molecule has 0 saturated carbocycles. The van der Waals surface area contributed by atoms with Crippen molar-refractivity contribution in [3.63, 3.8) is 0 Å². The van der Waals surface area contributed by atoms with E-state index in [1.165, 1.54) is 4.57 Å². The summed E-state index contributed by atoms with van der Waals surface area (Å²) in [6.45, 7) is 6.07. The molecule has 4 aromatic rings. The number of nitrogens with zero attached hydrogens (tertiary/aromatic N) is 4. The number of rotatable bonds is 4. The molecule has 0 unspecified atom stereocenters. The van der Waals surface area contributed by atoms with Crippen molar-refractivity contribution in [2.75, 3.05) is 0 Å². The molecule has 0 aliphatic carbocycles. The maximum absolute atomic E-state index is 13.2. The monoisotopic (exact) mass is 374 g/mol. The Morgan fingerprint density at radius 2 is 1.68 bits per heavy atom. The number of benzene rings is 2. The van der Waals surface area contributed by atoms with Crippen LogP contribution >= 0.6 is 0 Å². The summed E-state index contributed by atoms with van der Waals surface area (Å²) in [6, 6.07) is 17.5. The molecule has 28 heavy (non-hydrogen) atoms. The highest BCUT2D eigenvalue weighted by atomic mass is 16.2. The third kappa shape index (κ3) is 2.69. The number of imidazole rings is 1. The van der Waals surface area contributed by atoms with Crippen LogP contribution in [0, 0.1) is 6.92 Å². The number of aromatic nitrogens is 4. The van der Waals surface area contributed by atoms with Crippen LogP contribution in [0.3, 0.4) is 0 Å². The van der Waals surface area contributed by atoms with Gasteiger partial charge in [-0.1, -0.05) is 48.5 Å². The van der Waals surface area contributed by atoms with Crippen LogP contribution in [-0.2, 0) is 6.54 Å². The van der Waals surface area contributed by atoms with Gasteiger partial charge in [0.15, 0.2) is 11.2 Å². The maximum atomic E-state index is 13.2. The van der Waals surface area contributed by atoms with E-state index >= 15 is 0 Å². The summed E-state index contributed by atoms with van der Waals surface area (Å²) in [5.41, 5.74) is 2.88. The van der Waals surface area contributed by atoms with Crippen LogP contribution in [0.2, 0.25) is 0 Å². The molecule has 0 aliphatic heterocycles. The number of aryl methyl sites for hydroxylation is 1. The van der Waals surface area contributed by atoms with Gasteiger partial charge in [0.25, 0.3) is 5.56 Å². The maximum Gasteiger partial charge on any atom is 0.337 e. The molecule has 6 heteroatoms. The second kappa shape index (κ2) is 6.96. The molecule has 0 spiro atoms. The van der Waals surface area contributed by atoms with Crippen LogP contribution in [0.1, 0.15) is 31.0 Å². The highest BCUT2D eigenvalue weighted by molar-refractivity contribution is 5.73. The van der Waals surface area contributed by atoms with Gasteiger partial charge in [0, 0.05) is 6.54 Å². The molecular formula is C22H22N4O2. The standard InChI is InChI=1S/C22H22N4O2/c1-4-24-21(27)19-20(26(22(24)28)18-13-9-8-10-15(18)2)23-14-25(19)16(3)17-11-6-5-7-12-17/h5-14,16H,4H2,1-3H3/t16-/m1/s1. The van der Waals surface area contributed by atoms with Gasteiger partial charge in [-0.2, -0.15) is 0 Å². The molecule has 0 fully saturated rings. The van der Waals surface area contributed by atoms with Crippen molar-refractivity contribution in [3.8, 4) is 5.69 Å². The molecule has 1 atom stereocenters. The van der Waals surface area contributed by atoms with Gasteiger partial charge in [0.05, 0.1) is 18.1 Å². The minimum Gasteiger partial charge on any atom is -0.317 e. The van der Waals surface area contributed by atoms with Crippen LogP contribution in [-0.4, -0.2) is 18.7 Å². The summed E-state index contributed by atoms with van der Waals surface area (Å²) >= 11 is 0. The average Bonchev–Trinajstić information content (AvgIpc) is 3.15. The molecule has 142 valence electrons. The summed E-state index contributed by atoms with van der Waals surface area (Å²) in [5.74, 6) is 0. The number of fused-ring (bicyclic) bond motifs is 1. The molecular weight excluding hydrogens is 352 g/mol. The van der Waals surface area contributed by atoms with Crippen molar-refractivity contribution in [2.24, 2.45) is 0 Å². The lowest BCUT2D eigenvalue weighted by molar-refractivity contribution is 0.631. The van der Waals surface area contributed by atoms with E-state index in [2.05, 4.69) is 4.98 Å². The van der Waals surface area contributed by atoms with E-state index in [-0.39, 0.29) is 17.3 Å². The van der Waals surface area contributed by atoms with E-state index in [4.69, 9.17) is 0 Å². The van der Waals surface area contributed by atoms with Crippen LogP contribution in [0.15, 0.2) is 70.5 Å². The van der Waals surface area contributed by atoms with Crippen LogP contribution in [0.25, 0.3) is 16.9 Å². The highest BCUT2D eigenvalue weighted by Crippen LogP contribution is 2.22. The summed E-state index contributed by atoms with van der Waals surface area (Å²) in [6.07, 6.45) is 1.65. The quantitative estimate of drug-likeness (QED) is 0.551. The van der Waals surface area contributed by atoms with Gasteiger partial charge < -0.3 is 4.57 Å². The van der Waals surface area contributed by atoms with Gasteiger partial charge in [0.2, 0.25) is 0 Å². The minimum atomic E-state index is -0.369. The molecule has 0 radical (unpaired) electrons. The normalized spacial score (nSPS) is 12.4. The second-order valence-electron chi connectivity index (χ2n) is 6.86. The Balaban J connectivity index is 2.08. The van der Waals surface area contributed by atoms with Crippen molar-refractivity contribution in [2.45, 2.75) is 33.4 Å². The van der Waals surface area contributed by atoms with Crippen LogP contribution in [0.4, 0.5) is 0 Å². The Morgan fingerprint density at radius 1 is 1.00 bits per heavy atom. The van der Waals surface area contributed by atoms with Crippen molar-refractivity contribution < 1.29 is 0 Å². The zero-order chi connectivity index (χ0) is 19.8. The predicted molar refractivity (Wildman–Crippen MR) is 110 cm³/mol. The molecule has 0 aliphatic rings. The lowest BCUT2D eigenvalue weighted by Gasteiger charge is -2.16. The fraction of sp³-hybridized carbons (Fsp3) is 0.227. The Labute approximate surface area is 162 Å². The summed E-state index contributed by atoms with van der Waals surface area (Å²) in [5, 5.41) is 0. The Morgan fingerprint density at radius 3 is 2.36 bits per heavy atom. The average molecular weight is 374 g/mol. The fourth-order valence-electron chi connectivity index (χ4n) is 3.64. The third-order valence-electron chi connectivity index (χ3n) is 5.23. The Kier molecular flexibility index (Phi) is 4.47. The van der Waals surface area contributed by atoms with Crippen molar-refractivity contribution in [1.29, 1.82) is 0 Å². The lowest BCUT2D eigenvalue weighted by Crippen LogP contribution is -2.40. The molecule has 4 rings (SSSR count). The number of para-hydroxylation sites is 1. The van der Waals surface area contributed by atoms with E-state index in [9.17, 15) is 9.59 Å². The van der Waals surface area contributed by atoms with E-state index in [0.717, 1.165) is 16.8 Å². The number of hydrogen-bond acceptors (Lipinski definition) is 3. The summed E-state index contributed by atoms with van der Waals surface area (Å²) < 4.78 is 4.67. The van der Waals surface area contributed by atoms with Crippen molar-refractivity contribution in [1.82, 2.24) is 18.7 Å². The zero-order valence-corrected chi connectivity index (χ0v) is 16.2. The van der Waals surface area contributed by atoms with Crippen molar-refractivity contribution in [3.05, 3.63) is 92.9 Å². The van der Waals surface area contributed by atoms with Gasteiger partial charge in [-0.05, 0) is 38.0 Å². The Hall–Kier alpha value is -3.41. The van der Waals surface area contributed by atoms with E-state index < -0.39 is 0 Å². The molecule has 2 aromatic heterocycles. The predicted octanol–water partition coefficient (Wildman–Crippen LogP) is 3.29. The SMILES string of the molecule is CCn1c(=O)c2c(ncn2[C@H](C)c2ccccc2)n(-c2ccccc2C)c1=O. The zero-order valence-electron chi connectivity index (χ0n) is 16.2. The molecule has 6 nitrogen and oxygen atoms in total. The molecule has 0 saturated heterocycles. The van der Waals surface area contributed by atoms with E-state index in [1.807, 2.05) is 73.0 Å². The van der Waals surface area contributed by atoms with Crippen molar-refractivity contribution >= 4 is 11.2 Å². The van der Waals surface area contributed by atoms with Crippen LogP contribution < -0.4 is 11.2 Å². The molecule has 2 heterocycles. The van der Waals surface area contributed by atoms with Crippen LogP contribution in [0.5, 0.6) is 0 Å². The fourth-order valence-corrected chi connectivity index (χ4v) is 3.64. The molecule has 0 N–H and O–H groups in total. The smallest absolute Gasteiger partial charge is 0.317 e. The highest BCUT2D eigenvalue weighted by Gasteiger charge is 2.21. The first-order valence-corrected chi connectivity index (χ1v) is 9.38. The van der Waals surface area contributed by atoms with Gasteiger partial charge in [-0.3, -0.25) is 9.36 Å². The summed E-state index contributed by atoms with van der Waals surface area (Å²) in [4.78, 5) is 30.8. The first-order valence-electron chi connectivity index (χ1n) is 9.38. The number of hydrogen-bond donors (Lipinski definition) is 0. The minimum absolute atomic E-state index is 0.0907. The van der Waals surface area contributed by atoms with Gasteiger partial charge in [-0.15, -0.1) is 0 Å². The molecule has 0 amide bonds. The third-order valence-corrected chi connectivity index (χ3v) is 5.23. The largest absolute Gasteiger partial charge is 0.337 e. The van der Waals surface area contributed by atoms with Gasteiger partial charge in [0.1, 0.15) is 0 Å². The van der Waals surface area contributed by atoms with Gasteiger partial charge in [-0.25, -0.2) is 14.3 Å². The topological polar surface area (TPSA) is 61.8 Å². The van der Waals surface area contributed by atoms with Gasteiger partial charge >= 0.3 is 5.69 Å². The lowest BCUT2D eigenvalue weighted by atomic mass is 10.1. The molecule has 0 bridgehead atoms. The summed E-state index contributed by atoms with van der Waals surface area (Å²) in [7, 11) is 0. The molecule has 2 aromatic carbocycles. The second-order valence-corrected chi connectivity index (χ2v) is 6.86. The Bertz CT molecular complexity index is 1270. The van der Waals surface area contributed by atoms with E-state index in [0.29, 0.717) is 17.7 Å². The van der Waals surface area contributed by atoms with E-state index in [1.54, 1.807) is 17.8 Å². The first-order chi connectivity index (χ1) is 13.5. The first kappa shape index (κ1) is 18.0.